The molecule has 5 nitrogen and oxygen atoms in total. The molecule has 2 heterocycles. The van der Waals surface area contributed by atoms with Gasteiger partial charge in [-0.15, -0.1) is 0 Å². The van der Waals surface area contributed by atoms with Gasteiger partial charge < -0.3 is 9.52 Å². The highest BCUT2D eigenvalue weighted by atomic mass is 16.4. The van der Waals surface area contributed by atoms with E-state index >= 15 is 0 Å². The lowest BCUT2D eigenvalue weighted by Gasteiger charge is -1.97. The molecule has 0 radical (unpaired) electrons. The number of aryl methyl sites for hydroxylation is 1. The number of benzene rings is 1. The van der Waals surface area contributed by atoms with Crippen molar-refractivity contribution in [3.05, 3.63) is 65.9 Å². The molecule has 0 spiro atoms. The fraction of sp³-hybridized carbons (Fsp3) is 0.125. The maximum absolute atomic E-state index is 11.0. The molecule has 21 heavy (non-hydrogen) atoms. The fourth-order valence-electron chi connectivity index (χ4n) is 2.22. The third kappa shape index (κ3) is 2.72. The second-order valence-electron chi connectivity index (χ2n) is 4.78. The minimum absolute atomic E-state index is 0.195. The smallest absolute Gasteiger partial charge is 0.339 e. The molecule has 1 aromatic carbocycles. The minimum Gasteiger partial charge on any atom is -0.478 e. The molecule has 5 heteroatoms. The van der Waals surface area contributed by atoms with Crippen molar-refractivity contribution in [2.45, 2.75) is 13.5 Å². The highest BCUT2D eigenvalue weighted by Gasteiger charge is 2.14. The number of aromatic nitrogens is 2. The molecular formula is C16H14N2O3. The molecule has 3 rings (SSSR count). The van der Waals surface area contributed by atoms with Crippen LogP contribution in [0.5, 0.6) is 0 Å². The first-order valence-corrected chi connectivity index (χ1v) is 6.54. The summed E-state index contributed by atoms with van der Waals surface area (Å²) < 4.78 is 7.18. The molecule has 0 aliphatic rings. The molecule has 0 bridgehead atoms. The summed E-state index contributed by atoms with van der Waals surface area (Å²) in [6.07, 6.45) is 3.69. The van der Waals surface area contributed by atoms with E-state index < -0.39 is 5.97 Å². The Balaban J connectivity index is 1.82. The molecule has 0 saturated carbocycles. The Morgan fingerprint density at radius 3 is 2.71 bits per heavy atom. The molecule has 3 aromatic rings. The van der Waals surface area contributed by atoms with Crippen molar-refractivity contribution in [1.82, 2.24) is 9.78 Å². The Labute approximate surface area is 121 Å². The second-order valence-corrected chi connectivity index (χ2v) is 4.78. The highest BCUT2D eigenvalue weighted by Crippen LogP contribution is 2.19. The number of hydrogen-bond donors (Lipinski definition) is 1. The largest absolute Gasteiger partial charge is 0.478 e. The number of furan rings is 1. The molecule has 106 valence electrons. The fourth-order valence-corrected chi connectivity index (χ4v) is 2.22. The van der Waals surface area contributed by atoms with E-state index in [1.165, 1.54) is 0 Å². The molecule has 0 aliphatic carbocycles. The molecular weight excluding hydrogens is 268 g/mol. The van der Waals surface area contributed by atoms with Crippen LogP contribution in [0.15, 0.2) is 53.2 Å². The van der Waals surface area contributed by atoms with Gasteiger partial charge in [-0.05, 0) is 18.6 Å². The Kier molecular flexibility index (Phi) is 3.31. The van der Waals surface area contributed by atoms with Gasteiger partial charge >= 0.3 is 5.97 Å². The Hall–Kier alpha value is -2.82. The van der Waals surface area contributed by atoms with E-state index in [0.29, 0.717) is 18.1 Å². The van der Waals surface area contributed by atoms with Gasteiger partial charge in [0.2, 0.25) is 0 Å². The van der Waals surface area contributed by atoms with Gasteiger partial charge in [0.05, 0.1) is 12.7 Å². The number of aromatic carboxylic acids is 1. The SMILES string of the molecule is Cc1oc(Cn2cc(-c3ccccc3)cn2)cc1C(=O)O. The first-order valence-electron chi connectivity index (χ1n) is 6.54. The van der Waals surface area contributed by atoms with E-state index in [-0.39, 0.29) is 5.56 Å². The second kappa shape index (κ2) is 5.28. The van der Waals surface area contributed by atoms with Crippen LogP contribution in [0.1, 0.15) is 21.9 Å². The van der Waals surface area contributed by atoms with Crippen LogP contribution in [-0.4, -0.2) is 20.9 Å². The normalized spacial score (nSPS) is 10.7. The van der Waals surface area contributed by atoms with Crippen molar-refractivity contribution in [1.29, 1.82) is 0 Å². The van der Waals surface area contributed by atoms with Crippen molar-refractivity contribution in [2.75, 3.05) is 0 Å². The van der Waals surface area contributed by atoms with Crippen LogP contribution in [-0.2, 0) is 6.54 Å². The van der Waals surface area contributed by atoms with E-state index in [4.69, 9.17) is 9.52 Å². The average molecular weight is 282 g/mol. The Bertz CT molecular complexity index is 772. The van der Waals surface area contributed by atoms with Crippen LogP contribution in [0.2, 0.25) is 0 Å². The summed E-state index contributed by atoms with van der Waals surface area (Å²) in [6, 6.07) is 11.5. The van der Waals surface area contributed by atoms with Gasteiger partial charge in [0.1, 0.15) is 17.1 Å². The molecule has 2 aromatic heterocycles. The lowest BCUT2D eigenvalue weighted by atomic mass is 10.1. The number of nitrogens with zero attached hydrogens (tertiary/aromatic N) is 2. The van der Waals surface area contributed by atoms with Crippen LogP contribution in [0.3, 0.4) is 0 Å². The molecule has 0 unspecified atom stereocenters. The summed E-state index contributed by atoms with van der Waals surface area (Å²) in [5.74, 6) is 0.00786. The van der Waals surface area contributed by atoms with Crippen LogP contribution >= 0.6 is 0 Å². The summed E-state index contributed by atoms with van der Waals surface area (Å²) in [7, 11) is 0. The Morgan fingerprint density at radius 2 is 2.05 bits per heavy atom. The number of carbonyl (C=O) groups is 1. The van der Waals surface area contributed by atoms with Gasteiger partial charge in [-0.25, -0.2) is 4.79 Å². The van der Waals surface area contributed by atoms with E-state index in [1.807, 2.05) is 36.5 Å². The summed E-state index contributed by atoms with van der Waals surface area (Å²) in [5, 5.41) is 13.3. The van der Waals surface area contributed by atoms with E-state index in [2.05, 4.69) is 5.10 Å². The van der Waals surface area contributed by atoms with Crippen LogP contribution < -0.4 is 0 Å². The first kappa shape index (κ1) is 13.2. The van der Waals surface area contributed by atoms with Crippen LogP contribution in [0, 0.1) is 6.92 Å². The van der Waals surface area contributed by atoms with E-state index in [9.17, 15) is 4.79 Å². The molecule has 0 atom stereocenters. The number of rotatable bonds is 4. The molecule has 0 aliphatic heterocycles. The maximum Gasteiger partial charge on any atom is 0.339 e. The van der Waals surface area contributed by atoms with Crippen LogP contribution in [0.25, 0.3) is 11.1 Å². The zero-order chi connectivity index (χ0) is 14.8. The van der Waals surface area contributed by atoms with Gasteiger partial charge in [-0.2, -0.15) is 5.10 Å². The van der Waals surface area contributed by atoms with Gasteiger partial charge in [0, 0.05) is 11.8 Å². The third-order valence-corrected chi connectivity index (χ3v) is 3.26. The number of carboxylic acids is 1. The standard InChI is InChI=1S/C16H14N2O3/c1-11-15(16(19)20)7-14(21-11)10-18-9-13(8-17-18)12-5-3-2-4-6-12/h2-9H,10H2,1H3,(H,19,20). The lowest BCUT2D eigenvalue weighted by Crippen LogP contribution is -1.98. The third-order valence-electron chi connectivity index (χ3n) is 3.26. The zero-order valence-electron chi connectivity index (χ0n) is 11.5. The summed E-state index contributed by atoms with van der Waals surface area (Å²) >= 11 is 0. The minimum atomic E-state index is -0.979. The topological polar surface area (TPSA) is 68.3 Å². The zero-order valence-corrected chi connectivity index (χ0v) is 11.5. The van der Waals surface area contributed by atoms with Gasteiger partial charge in [0.15, 0.2) is 0 Å². The lowest BCUT2D eigenvalue weighted by molar-refractivity contribution is 0.0695. The van der Waals surface area contributed by atoms with Gasteiger partial charge in [0.25, 0.3) is 0 Å². The van der Waals surface area contributed by atoms with Crippen molar-refractivity contribution in [2.24, 2.45) is 0 Å². The molecule has 1 N–H and O–H groups in total. The van der Waals surface area contributed by atoms with Crippen molar-refractivity contribution in [3.63, 3.8) is 0 Å². The van der Waals surface area contributed by atoms with E-state index in [1.54, 1.807) is 23.9 Å². The molecule has 0 fully saturated rings. The van der Waals surface area contributed by atoms with Crippen LogP contribution in [0.4, 0.5) is 0 Å². The van der Waals surface area contributed by atoms with Crippen molar-refractivity contribution >= 4 is 5.97 Å². The molecule has 0 saturated heterocycles. The monoisotopic (exact) mass is 282 g/mol. The highest BCUT2D eigenvalue weighted by molar-refractivity contribution is 5.88. The maximum atomic E-state index is 11.0. The summed E-state index contributed by atoms with van der Waals surface area (Å²) in [4.78, 5) is 11.0. The predicted molar refractivity (Wildman–Crippen MR) is 77.2 cm³/mol. The predicted octanol–water partition coefficient (Wildman–Crippen LogP) is 3.20. The quantitative estimate of drug-likeness (QED) is 0.798. The Morgan fingerprint density at radius 1 is 1.29 bits per heavy atom. The number of carboxylic acid groups (broad SMARTS) is 1. The average Bonchev–Trinajstić information content (AvgIpc) is 3.07. The van der Waals surface area contributed by atoms with Gasteiger partial charge in [-0.3, -0.25) is 4.68 Å². The van der Waals surface area contributed by atoms with Crippen molar-refractivity contribution < 1.29 is 14.3 Å². The van der Waals surface area contributed by atoms with Gasteiger partial charge in [-0.1, -0.05) is 30.3 Å². The summed E-state index contributed by atoms with van der Waals surface area (Å²) in [6.45, 7) is 2.05. The van der Waals surface area contributed by atoms with E-state index in [0.717, 1.165) is 11.1 Å². The number of hydrogen-bond acceptors (Lipinski definition) is 3. The van der Waals surface area contributed by atoms with Crippen molar-refractivity contribution in [3.8, 4) is 11.1 Å². The summed E-state index contributed by atoms with van der Waals surface area (Å²) in [5.41, 5.74) is 2.29. The first-order chi connectivity index (χ1) is 10.1. The molecule has 0 amide bonds.